The molecule has 3 heterocycles. The summed E-state index contributed by atoms with van der Waals surface area (Å²) in [5.41, 5.74) is 7.93. The van der Waals surface area contributed by atoms with E-state index in [-0.39, 0.29) is 5.95 Å². The fraction of sp³-hybridized carbons (Fsp3) is 0.0625. The molecule has 4 rings (SSSR count). The van der Waals surface area contributed by atoms with E-state index in [4.69, 9.17) is 14.7 Å². The summed E-state index contributed by atoms with van der Waals surface area (Å²) in [6.07, 6.45) is 3.24. The minimum atomic E-state index is -1.99. The lowest BCUT2D eigenvalue weighted by molar-refractivity contribution is 0.564. The molecule has 25 heavy (non-hydrogen) atoms. The van der Waals surface area contributed by atoms with Gasteiger partial charge in [0.05, 0.1) is 29.3 Å². The zero-order valence-electron chi connectivity index (χ0n) is 12.9. The number of benzene rings is 1. The molecule has 3 N–H and O–H groups in total. The van der Waals surface area contributed by atoms with E-state index in [1.54, 1.807) is 53.5 Å². The molecule has 0 fully saturated rings. The van der Waals surface area contributed by atoms with Crippen molar-refractivity contribution >= 4 is 28.1 Å². The number of nitrogens with two attached hydrogens (primary N) is 1. The van der Waals surface area contributed by atoms with Crippen LogP contribution in [0.4, 0.5) is 5.95 Å². The van der Waals surface area contributed by atoms with Gasteiger partial charge in [0.25, 0.3) is 0 Å². The first-order chi connectivity index (χ1) is 12.1. The van der Waals surface area contributed by atoms with Crippen LogP contribution in [-0.2, 0) is 17.6 Å². The molecule has 0 saturated carbocycles. The summed E-state index contributed by atoms with van der Waals surface area (Å²) >= 11 is -1.99. The standard InChI is InChI=1S/C16H13N5O3S/c17-16-19-14(13-2-1-7-24-13)12-8-18-21(15(12)20-16)9-10-3-5-11(6-4-10)25(22)23/h1-8H,9H2,(H,22,23)(H2,17,19,20). The molecule has 4 aromatic rings. The maximum Gasteiger partial charge on any atom is 0.222 e. The van der Waals surface area contributed by atoms with Gasteiger partial charge in [-0.1, -0.05) is 12.1 Å². The Kier molecular flexibility index (Phi) is 3.79. The molecule has 126 valence electrons. The van der Waals surface area contributed by atoms with E-state index in [1.807, 2.05) is 0 Å². The normalized spacial score (nSPS) is 12.5. The van der Waals surface area contributed by atoms with Gasteiger partial charge < -0.3 is 14.7 Å². The Morgan fingerprint density at radius 2 is 2.00 bits per heavy atom. The number of fused-ring (bicyclic) bond motifs is 1. The highest BCUT2D eigenvalue weighted by atomic mass is 32.2. The van der Waals surface area contributed by atoms with Crippen molar-refractivity contribution in [2.75, 3.05) is 5.73 Å². The Morgan fingerprint density at radius 1 is 1.20 bits per heavy atom. The first-order valence-electron chi connectivity index (χ1n) is 7.34. The fourth-order valence-corrected chi connectivity index (χ4v) is 2.94. The van der Waals surface area contributed by atoms with Crippen LogP contribution in [0.3, 0.4) is 0 Å². The minimum Gasteiger partial charge on any atom is -0.463 e. The highest BCUT2D eigenvalue weighted by Gasteiger charge is 2.15. The summed E-state index contributed by atoms with van der Waals surface area (Å²) in [5.74, 6) is 0.722. The zero-order valence-corrected chi connectivity index (χ0v) is 13.7. The van der Waals surface area contributed by atoms with Crippen molar-refractivity contribution in [1.29, 1.82) is 0 Å². The molecule has 1 atom stereocenters. The maximum absolute atomic E-state index is 11.0. The maximum atomic E-state index is 11.0. The highest BCUT2D eigenvalue weighted by Crippen LogP contribution is 2.27. The van der Waals surface area contributed by atoms with E-state index in [2.05, 4.69) is 15.1 Å². The molecule has 0 saturated heterocycles. The number of hydrogen-bond donors (Lipinski definition) is 2. The van der Waals surface area contributed by atoms with Gasteiger partial charge in [-0.05, 0) is 29.8 Å². The van der Waals surface area contributed by atoms with Crippen LogP contribution in [0.1, 0.15) is 5.56 Å². The van der Waals surface area contributed by atoms with Crippen LogP contribution < -0.4 is 5.73 Å². The molecule has 0 aliphatic heterocycles. The first kappa shape index (κ1) is 15.5. The Morgan fingerprint density at radius 3 is 2.68 bits per heavy atom. The van der Waals surface area contributed by atoms with Crippen molar-refractivity contribution < 1.29 is 13.2 Å². The summed E-state index contributed by atoms with van der Waals surface area (Å²) < 4.78 is 27.2. The van der Waals surface area contributed by atoms with Crippen LogP contribution in [0, 0.1) is 0 Å². The number of aromatic nitrogens is 4. The monoisotopic (exact) mass is 355 g/mol. The van der Waals surface area contributed by atoms with Crippen LogP contribution >= 0.6 is 0 Å². The van der Waals surface area contributed by atoms with Gasteiger partial charge in [0.2, 0.25) is 5.95 Å². The van der Waals surface area contributed by atoms with Crippen molar-refractivity contribution in [1.82, 2.24) is 19.7 Å². The van der Waals surface area contributed by atoms with Gasteiger partial charge in [0.1, 0.15) is 5.69 Å². The molecule has 0 amide bonds. The number of furan rings is 1. The van der Waals surface area contributed by atoms with E-state index in [0.29, 0.717) is 28.5 Å². The largest absolute Gasteiger partial charge is 0.463 e. The molecule has 0 spiro atoms. The van der Waals surface area contributed by atoms with E-state index in [0.717, 1.165) is 10.9 Å². The molecule has 0 aliphatic carbocycles. The molecule has 0 aliphatic rings. The molecule has 0 bridgehead atoms. The Balaban J connectivity index is 1.75. The van der Waals surface area contributed by atoms with Gasteiger partial charge in [-0.15, -0.1) is 0 Å². The Bertz CT molecular complexity index is 1060. The third-order valence-electron chi connectivity index (χ3n) is 3.73. The number of nitrogen functional groups attached to an aromatic ring is 1. The Labute approximate surface area is 144 Å². The van der Waals surface area contributed by atoms with Crippen LogP contribution in [0.15, 0.2) is 58.2 Å². The first-order valence-corrected chi connectivity index (χ1v) is 8.45. The van der Waals surface area contributed by atoms with Gasteiger partial charge >= 0.3 is 0 Å². The highest BCUT2D eigenvalue weighted by molar-refractivity contribution is 7.79. The van der Waals surface area contributed by atoms with Crippen molar-refractivity contribution in [2.45, 2.75) is 11.4 Å². The average molecular weight is 355 g/mol. The summed E-state index contributed by atoms with van der Waals surface area (Å²) in [4.78, 5) is 8.89. The van der Waals surface area contributed by atoms with Crippen LogP contribution in [0.5, 0.6) is 0 Å². The topological polar surface area (TPSA) is 120 Å². The van der Waals surface area contributed by atoms with Crippen LogP contribution in [-0.4, -0.2) is 28.5 Å². The smallest absolute Gasteiger partial charge is 0.222 e. The van der Waals surface area contributed by atoms with E-state index in [1.165, 1.54) is 0 Å². The second kappa shape index (κ2) is 6.11. The molecular formula is C16H13N5O3S. The molecule has 0 radical (unpaired) electrons. The quantitative estimate of drug-likeness (QED) is 0.539. The fourth-order valence-electron chi connectivity index (χ4n) is 2.57. The van der Waals surface area contributed by atoms with Crippen molar-refractivity contribution in [3.05, 3.63) is 54.4 Å². The third kappa shape index (κ3) is 2.90. The lowest BCUT2D eigenvalue weighted by Crippen LogP contribution is -2.05. The lowest BCUT2D eigenvalue weighted by atomic mass is 10.2. The van der Waals surface area contributed by atoms with E-state index < -0.39 is 11.1 Å². The molecule has 1 unspecified atom stereocenters. The molecule has 9 heteroatoms. The van der Waals surface area contributed by atoms with Gasteiger partial charge in [-0.2, -0.15) is 10.1 Å². The second-order valence-electron chi connectivity index (χ2n) is 5.34. The predicted molar refractivity (Wildman–Crippen MR) is 92.0 cm³/mol. The van der Waals surface area contributed by atoms with Gasteiger partial charge in [-0.3, -0.25) is 0 Å². The SMILES string of the molecule is Nc1nc(-c2ccco2)c2cnn(Cc3ccc(S(=O)O)cc3)c2n1. The Hall–Kier alpha value is -3.04. The van der Waals surface area contributed by atoms with Crippen molar-refractivity contribution in [2.24, 2.45) is 0 Å². The van der Waals surface area contributed by atoms with E-state index >= 15 is 0 Å². The number of hydrogen-bond acceptors (Lipinski definition) is 6. The minimum absolute atomic E-state index is 0.131. The summed E-state index contributed by atoms with van der Waals surface area (Å²) in [7, 11) is 0. The zero-order chi connectivity index (χ0) is 17.4. The summed E-state index contributed by atoms with van der Waals surface area (Å²) in [6, 6.07) is 10.3. The van der Waals surface area contributed by atoms with Crippen LogP contribution in [0.25, 0.3) is 22.5 Å². The van der Waals surface area contributed by atoms with Crippen LogP contribution in [0.2, 0.25) is 0 Å². The second-order valence-corrected chi connectivity index (χ2v) is 6.31. The molecule has 8 nitrogen and oxygen atoms in total. The summed E-state index contributed by atoms with van der Waals surface area (Å²) in [6.45, 7) is 0.440. The van der Waals surface area contributed by atoms with E-state index in [9.17, 15) is 4.21 Å². The predicted octanol–water partition coefficient (Wildman–Crippen LogP) is 2.30. The van der Waals surface area contributed by atoms with Gasteiger partial charge in [-0.25, -0.2) is 13.9 Å². The number of nitrogens with zero attached hydrogens (tertiary/aromatic N) is 4. The number of rotatable bonds is 4. The third-order valence-corrected chi connectivity index (χ3v) is 4.40. The van der Waals surface area contributed by atoms with Gasteiger partial charge in [0, 0.05) is 0 Å². The number of anilines is 1. The van der Waals surface area contributed by atoms with Crippen molar-refractivity contribution in [3.8, 4) is 11.5 Å². The van der Waals surface area contributed by atoms with Gasteiger partial charge in [0.15, 0.2) is 22.5 Å². The average Bonchev–Trinajstić information content (AvgIpc) is 3.25. The van der Waals surface area contributed by atoms with Crippen molar-refractivity contribution in [3.63, 3.8) is 0 Å². The molecule has 1 aromatic carbocycles. The molecule has 3 aromatic heterocycles. The lowest BCUT2D eigenvalue weighted by Gasteiger charge is -2.05. The molecular weight excluding hydrogens is 342 g/mol. The summed E-state index contributed by atoms with van der Waals surface area (Å²) in [5, 5.41) is 5.10.